The minimum absolute atomic E-state index is 0.0171. The molecule has 0 saturated carbocycles. The Morgan fingerprint density at radius 3 is 2.82 bits per heavy atom. The number of aromatic hydroxyl groups is 1. The fraction of sp³-hybridized carbons (Fsp3) is 0.385. The zero-order valence-electron chi connectivity index (χ0n) is 9.35. The molecule has 1 saturated heterocycles. The van der Waals surface area contributed by atoms with E-state index in [2.05, 4.69) is 0 Å². The van der Waals surface area contributed by atoms with Crippen LogP contribution in [0.15, 0.2) is 18.2 Å². The molecule has 1 aromatic carbocycles. The molecule has 4 heteroatoms. The van der Waals surface area contributed by atoms with Crippen LogP contribution in [0.3, 0.4) is 0 Å². The summed E-state index contributed by atoms with van der Waals surface area (Å²) in [6, 6.07) is 4.72. The van der Waals surface area contributed by atoms with Crippen molar-refractivity contribution in [1.82, 2.24) is 4.90 Å². The lowest BCUT2D eigenvalue weighted by Crippen LogP contribution is -2.46. The van der Waals surface area contributed by atoms with E-state index in [1.165, 1.54) is 0 Å². The van der Waals surface area contributed by atoms with Gasteiger partial charge in [-0.05, 0) is 18.1 Å². The van der Waals surface area contributed by atoms with Crippen molar-refractivity contribution in [3.63, 3.8) is 0 Å². The predicted molar refractivity (Wildman–Crippen MR) is 60.5 cm³/mol. The van der Waals surface area contributed by atoms with E-state index in [0.29, 0.717) is 24.9 Å². The highest BCUT2D eigenvalue weighted by molar-refractivity contribution is 5.97. The van der Waals surface area contributed by atoms with Crippen LogP contribution in [-0.2, 0) is 16.0 Å². The van der Waals surface area contributed by atoms with Crippen molar-refractivity contribution < 1.29 is 14.7 Å². The molecule has 0 spiro atoms. The van der Waals surface area contributed by atoms with Crippen molar-refractivity contribution >= 4 is 11.7 Å². The van der Waals surface area contributed by atoms with Crippen molar-refractivity contribution in [1.29, 1.82) is 0 Å². The molecule has 1 unspecified atom stereocenters. The molecular formula is C13H13NO3. The minimum Gasteiger partial charge on any atom is -0.508 e. The molecule has 3 rings (SSSR count). The summed E-state index contributed by atoms with van der Waals surface area (Å²) in [4.78, 5) is 25.4. The Balaban J connectivity index is 2.15. The number of nitrogens with zero attached hydrogens (tertiary/aromatic N) is 1. The van der Waals surface area contributed by atoms with Gasteiger partial charge in [-0.15, -0.1) is 0 Å². The fourth-order valence-corrected chi connectivity index (χ4v) is 2.77. The van der Waals surface area contributed by atoms with Crippen molar-refractivity contribution in [2.75, 3.05) is 6.54 Å². The van der Waals surface area contributed by atoms with Gasteiger partial charge in [-0.3, -0.25) is 9.59 Å². The number of piperidine rings is 1. The van der Waals surface area contributed by atoms with Gasteiger partial charge in [0.1, 0.15) is 11.8 Å². The predicted octanol–water partition coefficient (Wildman–Crippen LogP) is 1.18. The first-order valence-electron chi connectivity index (χ1n) is 5.81. The number of carbonyl (C=O) groups is 2. The lowest BCUT2D eigenvalue weighted by Gasteiger charge is -2.39. The molecular weight excluding hydrogens is 218 g/mol. The van der Waals surface area contributed by atoms with Crippen molar-refractivity contribution in [3.8, 4) is 5.75 Å². The van der Waals surface area contributed by atoms with Crippen LogP contribution in [0.4, 0.5) is 0 Å². The van der Waals surface area contributed by atoms with Crippen LogP contribution in [0.5, 0.6) is 5.75 Å². The number of hydrogen-bond donors (Lipinski definition) is 1. The number of carbonyl (C=O) groups excluding carboxylic acids is 2. The Morgan fingerprint density at radius 1 is 1.18 bits per heavy atom. The highest BCUT2D eigenvalue weighted by Gasteiger charge is 2.40. The van der Waals surface area contributed by atoms with Gasteiger partial charge >= 0.3 is 0 Å². The summed E-state index contributed by atoms with van der Waals surface area (Å²) in [5.41, 5.74) is 1.62. The molecule has 2 aliphatic rings. The Hall–Kier alpha value is -1.84. The molecule has 0 aromatic heterocycles. The average molecular weight is 231 g/mol. The Bertz CT molecular complexity index is 509. The van der Waals surface area contributed by atoms with Gasteiger partial charge in [0.25, 0.3) is 0 Å². The van der Waals surface area contributed by atoms with Gasteiger partial charge in [0, 0.05) is 24.9 Å². The topological polar surface area (TPSA) is 57.6 Å². The Labute approximate surface area is 98.9 Å². The summed E-state index contributed by atoms with van der Waals surface area (Å²) in [5.74, 6) is 0.177. The molecule has 0 aliphatic carbocycles. The van der Waals surface area contributed by atoms with E-state index < -0.39 is 6.04 Å². The van der Waals surface area contributed by atoms with Gasteiger partial charge in [-0.25, -0.2) is 0 Å². The maximum Gasteiger partial charge on any atom is 0.223 e. The van der Waals surface area contributed by atoms with Gasteiger partial charge in [0.15, 0.2) is 5.78 Å². The Morgan fingerprint density at radius 2 is 2.00 bits per heavy atom. The van der Waals surface area contributed by atoms with E-state index in [4.69, 9.17) is 0 Å². The highest BCUT2D eigenvalue weighted by atomic mass is 16.3. The zero-order chi connectivity index (χ0) is 12.0. The van der Waals surface area contributed by atoms with E-state index >= 15 is 0 Å². The monoisotopic (exact) mass is 231 g/mol. The molecule has 17 heavy (non-hydrogen) atoms. The third kappa shape index (κ3) is 1.44. The summed E-state index contributed by atoms with van der Waals surface area (Å²) in [6.07, 6.45) is 1.30. The maximum absolute atomic E-state index is 12.0. The van der Waals surface area contributed by atoms with Crippen LogP contribution in [0.25, 0.3) is 0 Å². The van der Waals surface area contributed by atoms with Gasteiger partial charge in [-0.2, -0.15) is 0 Å². The molecule has 1 amide bonds. The van der Waals surface area contributed by atoms with Crippen LogP contribution >= 0.6 is 0 Å². The second-order valence-electron chi connectivity index (χ2n) is 4.56. The number of ketones is 1. The lowest BCUT2D eigenvalue weighted by atomic mass is 9.85. The third-order valence-electron chi connectivity index (χ3n) is 3.59. The number of hydrogen-bond acceptors (Lipinski definition) is 3. The minimum atomic E-state index is -0.554. The van der Waals surface area contributed by atoms with Crippen molar-refractivity contribution in [3.05, 3.63) is 29.3 Å². The largest absolute Gasteiger partial charge is 0.508 e. The quantitative estimate of drug-likeness (QED) is 0.729. The number of rotatable bonds is 0. The van der Waals surface area contributed by atoms with E-state index in [9.17, 15) is 14.7 Å². The lowest BCUT2D eigenvalue weighted by molar-refractivity contribution is -0.146. The molecule has 4 nitrogen and oxygen atoms in total. The SMILES string of the molecule is O=C1CCC(=O)N2CCc3cccc(O)c3C12. The summed E-state index contributed by atoms with van der Waals surface area (Å²) in [7, 11) is 0. The average Bonchev–Trinajstić information content (AvgIpc) is 2.33. The van der Waals surface area contributed by atoms with E-state index in [1.807, 2.05) is 6.07 Å². The molecule has 0 radical (unpaired) electrons. The van der Waals surface area contributed by atoms with Crippen LogP contribution in [0.2, 0.25) is 0 Å². The van der Waals surface area contributed by atoms with Crippen LogP contribution < -0.4 is 0 Å². The Kier molecular flexibility index (Phi) is 2.18. The number of Topliss-reactive ketones (excluding diaryl/α,β-unsaturated/α-hetero) is 1. The van der Waals surface area contributed by atoms with Crippen molar-refractivity contribution in [2.24, 2.45) is 0 Å². The number of amides is 1. The van der Waals surface area contributed by atoms with Crippen molar-refractivity contribution in [2.45, 2.75) is 25.3 Å². The summed E-state index contributed by atoms with van der Waals surface area (Å²) < 4.78 is 0. The highest BCUT2D eigenvalue weighted by Crippen LogP contribution is 2.39. The number of fused-ring (bicyclic) bond motifs is 3. The zero-order valence-corrected chi connectivity index (χ0v) is 9.35. The number of phenolic OH excluding ortho intramolecular Hbond substituents is 1. The third-order valence-corrected chi connectivity index (χ3v) is 3.59. The smallest absolute Gasteiger partial charge is 0.223 e. The molecule has 1 atom stereocenters. The van der Waals surface area contributed by atoms with E-state index in [1.54, 1.807) is 17.0 Å². The molecule has 1 fully saturated rings. The first kappa shape index (κ1) is 10.3. The molecule has 2 aliphatic heterocycles. The van der Waals surface area contributed by atoms with Gasteiger partial charge in [0.05, 0.1) is 0 Å². The molecule has 1 aromatic rings. The van der Waals surface area contributed by atoms with E-state index in [0.717, 1.165) is 5.56 Å². The second-order valence-corrected chi connectivity index (χ2v) is 4.56. The molecule has 1 N–H and O–H groups in total. The van der Waals surface area contributed by atoms with Crippen LogP contribution in [0.1, 0.15) is 30.0 Å². The number of benzene rings is 1. The second kappa shape index (κ2) is 3.58. The first-order valence-corrected chi connectivity index (χ1v) is 5.81. The summed E-state index contributed by atoms with van der Waals surface area (Å²) >= 11 is 0. The maximum atomic E-state index is 12.0. The molecule has 2 heterocycles. The van der Waals surface area contributed by atoms with Gasteiger partial charge in [0.2, 0.25) is 5.91 Å². The molecule has 0 bridgehead atoms. The van der Waals surface area contributed by atoms with Crippen LogP contribution in [0, 0.1) is 0 Å². The summed E-state index contributed by atoms with van der Waals surface area (Å²) in [5, 5.41) is 9.91. The normalized spacial score (nSPS) is 23.3. The number of phenols is 1. The summed E-state index contributed by atoms with van der Waals surface area (Å²) in [6.45, 7) is 0.575. The first-order chi connectivity index (χ1) is 8.18. The molecule has 88 valence electrons. The van der Waals surface area contributed by atoms with Gasteiger partial charge in [-0.1, -0.05) is 12.1 Å². The van der Waals surface area contributed by atoms with E-state index in [-0.39, 0.29) is 23.9 Å². The van der Waals surface area contributed by atoms with Gasteiger partial charge < -0.3 is 10.0 Å². The standard InChI is InChI=1S/C13H13NO3/c15-9-3-1-2-8-6-7-14-11(17)5-4-10(16)13(14)12(8)9/h1-3,13,15H,4-7H2. The fourth-order valence-electron chi connectivity index (χ4n) is 2.77. The van der Waals surface area contributed by atoms with Crippen LogP contribution in [-0.4, -0.2) is 28.2 Å².